The van der Waals surface area contributed by atoms with Crippen molar-refractivity contribution in [3.05, 3.63) is 11.6 Å². The molecule has 5 aliphatic carbocycles. The van der Waals surface area contributed by atoms with E-state index in [0.29, 0.717) is 16.9 Å². The van der Waals surface area contributed by atoms with E-state index in [1.165, 1.54) is 77.0 Å². The average molecular weight is 287 g/mol. The van der Waals surface area contributed by atoms with Gasteiger partial charge in [0.1, 0.15) is 0 Å². The molecule has 0 aromatic rings. The molecule has 0 aliphatic heterocycles. The Morgan fingerprint density at radius 3 is 2.48 bits per heavy atom. The molecule has 2 N–H and O–H groups in total. The van der Waals surface area contributed by atoms with Gasteiger partial charge in [0.2, 0.25) is 0 Å². The minimum absolute atomic E-state index is 0.376. The molecule has 0 amide bonds. The van der Waals surface area contributed by atoms with E-state index in [0.717, 1.165) is 11.8 Å². The molecule has 0 aromatic heterocycles. The summed E-state index contributed by atoms with van der Waals surface area (Å²) < 4.78 is 0. The fourth-order valence-electron chi connectivity index (χ4n) is 7.05. The van der Waals surface area contributed by atoms with Gasteiger partial charge < -0.3 is 5.73 Å². The van der Waals surface area contributed by atoms with Crippen LogP contribution in [0.1, 0.15) is 84.0 Å². The van der Waals surface area contributed by atoms with E-state index in [9.17, 15) is 0 Å². The van der Waals surface area contributed by atoms with Gasteiger partial charge >= 0.3 is 0 Å². The molecule has 0 spiro atoms. The molecule has 118 valence electrons. The van der Waals surface area contributed by atoms with Gasteiger partial charge in [-0.3, -0.25) is 0 Å². The van der Waals surface area contributed by atoms with Gasteiger partial charge in [-0.2, -0.15) is 0 Å². The van der Waals surface area contributed by atoms with Crippen LogP contribution in [0.15, 0.2) is 11.6 Å². The zero-order valence-electron chi connectivity index (χ0n) is 13.9. The van der Waals surface area contributed by atoms with Crippen molar-refractivity contribution < 1.29 is 0 Å². The van der Waals surface area contributed by atoms with Crippen molar-refractivity contribution in [2.24, 2.45) is 28.4 Å². The van der Waals surface area contributed by atoms with E-state index in [1.807, 2.05) is 0 Å². The van der Waals surface area contributed by atoms with E-state index in [4.69, 9.17) is 5.73 Å². The Hall–Kier alpha value is -0.300. The Morgan fingerprint density at radius 2 is 1.76 bits per heavy atom. The molecule has 0 heterocycles. The van der Waals surface area contributed by atoms with Crippen LogP contribution in [0.25, 0.3) is 0 Å². The second kappa shape index (κ2) is 5.11. The Kier molecular flexibility index (Phi) is 3.48. The van der Waals surface area contributed by atoms with E-state index in [2.05, 4.69) is 13.0 Å². The fraction of sp³-hybridized carbons (Fsp3) is 0.900. The summed E-state index contributed by atoms with van der Waals surface area (Å²) in [5.41, 5.74) is 9.70. The van der Waals surface area contributed by atoms with Crippen LogP contribution in [0.3, 0.4) is 0 Å². The van der Waals surface area contributed by atoms with Gasteiger partial charge in [0.05, 0.1) is 0 Å². The van der Waals surface area contributed by atoms with Gasteiger partial charge in [0, 0.05) is 6.04 Å². The molecule has 0 aromatic carbocycles. The molecule has 1 nitrogen and oxygen atoms in total. The van der Waals surface area contributed by atoms with Gasteiger partial charge in [-0.15, -0.1) is 0 Å². The summed E-state index contributed by atoms with van der Waals surface area (Å²) in [4.78, 5) is 0. The number of hydrogen-bond donors (Lipinski definition) is 1. The monoisotopic (exact) mass is 287 g/mol. The Balaban J connectivity index is 1.59. The third kappa shape index (κ3) is 2.50. The first-order valence-electron chi connectivity index (χ1n) is 9.53. The number of allylic oxidation sites excluding steroid dienone is 1. The van der Waals surface area contributed by atoms with E-state index in [1.54, 1.807) is 5.57 Å². The second-order valence-corrected chi connectivity index (χ2v) is 9.34. The largest absolute Gasteiger partial charge is 0.324 e. The Labute approximate surface area is 130 Å². The molecule has 4 fully saturated rings. The minimum Gasteiger partial charge on any atom is -0.324 e. The lowest BCUT2D eigenvalue weighted by Crippen LogP contribution is -2.58. The number of nitrogens with two attached hydrogens (primary N) is 1. The Morgan fingerprint density at radius 1 is 1.05 bits per heavy atom. The maximum Gasteiger partial charge on any atom is 0.0311 e. The lowest BCUT2D eigenvalue weighted by Gasteiger charge is -2.63. The molecule has 3 unspecified atom stereocenters. The van der Waals surface area contributed by atoms with Crippen LogP contribution in [-0.4, -0.2) is 6.04 Å². The van der Waals surface area contributed by atoms with Crippen LogP contribution in [0.2, 0.25) is 0 Å². The predicted molar refractivity (Wildman–Crippen MR) is 89.0 cm³/mol. The molecule has 3 atom stereocenters. The molecule has 5 rings (SSSR count). The molecular weight excluding hydrogens is 254 g/mol. The van der Waals surface area contributed by atoms with Crippen molar-refractivity contribution in [2.75, 3.05) is 0 Å². The van der Waals surface area contributed by atoms with Crippen LogP contribution in [0, 0.1) is 22.7 Å². The highest BCUT2D eigenvalue weighted by Crippen LogP contribution is 2.66. The highest BCUT2D eigenvalue weighted by molar-refractivity contribution is 5.21. The first-order valence-corrected chi connectivity index (χ1v) is 9.53. The standard InChI is InChI=1S/C20H33N/c1-19-10-15-9-16(11-19)13-20(12-15,14-19)18(21)17-7-5-3-2-4-6-8-17/h7,15-16,18H,2-6,8-14,21H2,1H3. The quantitative estimate of drug-likeness (QED) is 0.694. The van der Waals surface area contributed by atoms with Gasteiger partial charge in [0.25, 0.3) is 0 Å². The molecule has 4 saturated carbocycles. The first kappa shape index (κ1) is 14.3. The van der Waals surface area contributed by atoms with Crippen molar-refractivity contribution in [1.82, 2.24) is 0 Å². The third-order valence-corrected chi connectivity index (χ3v) is 7.28. The summed E-state index contributed by atoms with van der Waals surface area (Å²) in [6.45, 7) is 2.57. The first-order chi connectivity index (χ1) is 10.1. The van der Waals surface area contributed by atoms with Gasteiger partial charge in [-0.05, 0) is 86.9 Å². The second-order valence-electron chi connectivity index (χ2n) is 9.34. The summed E-state index contributed by atoms with van der Waals surface area (Å²) in [7, 11) is 0. The lowest BCUT2D eigenvalue weighted by atomic mass is 9.42. The van der Waals surface area contributed by atoms with Gasteiger partial charge in [-0.25, -0.2) is 0 Å². The molecule has 4 bridgehead atoms. The average Bonchev–Trinajstić information content (AvgIpc) is 2.34. The van der Waals surface area contributed by atoms with E-state index >= 15 is 0 Å². The number of rotatable bonds is 2. The van der Waals surface area contributed by atoms with Crippen molar-refractivity contribution in [2.45, 2.75) is 90.0 Å². The molecule has 5 aliphatic rings. The van der Waals surface area contributed by atoms with Crippen LogP contribution in [0.4, 0.5) is 0 Å². The predicted octanol–water partition coefficient (Wildman–Crippen LogP) is 5.20. The normalized spacial score (nSPS) is 47.6. The maximum absolute atomic E-state index is 6.96. The zero-order valence-corrected chi connectivity index (χ0v) is 13.9. The highest BCUT2D eigenvalue weighted by atomic mass is 14.8. The number of hydrogen-bond acceptors (Lipinski definition) is 1. The summed E-state index contributed by atoms with van der Waals surface area (Å²) in [5, 5.41) is 0. The van der Waals surface area contributed by atoms with Crippen LogP contribution in [0.5, 0.6) is 0 Å². The highest BCUT2D eigenvalue weighted by Gasteiger charge is 2.57. The molecule has 1 heteroatoms. The molecular formula is C20H33N. The molecule has 0 radical (unpaired) electrons. The van der Waals surface area contributed by atoms with Crippen LogP contribution >= 0.6 is 0 Å². The van der Waals surface area contributed by atoms with Crippen molar-refractivity contribution in [3.8, 4) is 0 Å². The van der Waals surface area contributed by atoms with Gasteiger partial charge in [-0.1, -0.05) is 31.4 Å². The summed E-state index contributed by atoms with van der Waals surface area (Å²) >= 11 is 0. The van der Waals surface area contributed by atoms with Crippen molar-refractivity contribution >= 4 is 0 Å². The fourth-order valence-corrected chi connectivity index (χ4v) is 7.05. The summed E-state index contributed by atoms with van der Waals surface area (Å²) in [6, 6.07) is 0.376. The Bertz CT molecular complexity index is 421. The summed E-state index contributed by atoms with van der Waals surface area (Å²) in [5.74, 6) is 1.99. The maximum atomic E-state index is 6.96. The lowest BCUT2D eigenvalue weighted by molar-refractivity contribution is -0.108. The SMILES string of the molecule is CC12CC3CC(C1)CC(C(N)C1=CCCCCCC1)(C3)C2. The molecule has 0 saturated heterocycles. The van der Waals surface area contributed by atoms with Crippen LogP contribution < -0.4 is 5.73 Å². The smallest absolute Gasteiger partial charge is 0.0311 e. The van der Waals surface area contributed by atoms with Gasteiger partial charge in [0.15, 0.2) is 0 Å². The minimum atomic E-state index is 0.376. The van der Waals surface area contributed by atoms with Crippen molar-refractivity contribution in [1.29, 1.82) is 0 Å². The van der Waals surface area contributed by atoms with Crippen LogP contribution in [-0.2, 0) is 0 Å². The summed E-state index contributed by atoms with van der Waals surface area (Å²) in [6.07, 6.45) is 19.5. The zero-order chi connectivity index (χ0) is 14.5. The van der Waals surface area contributed by atoms with Crippen molar-refractivity contribution in [3.63, 3.8) is 0 Å². The molecule has 21 heavy (non-hydrogen) atoms. The van der Waals surface area contributed by atoms with E-state index in [-0.39, 0.29) is 0 Å². The third-order valence-electron chi connectivity index (χ3n) is 7.28. The topological polar surface area (TPSA) is 26.0 Å². The van der Waals surface area contributed by atoms with E-state index < -0.39 is 0 Å².